The van der Waals surface area contributed by atoms with Crippen molar-refractivity contribution in [3.05, 3.63) is 40.9 Å². The van der Waals surface area contributed by atoms with Crippen LogP contribution in [0.25, 0.3) is 0 Å². The van der Waals surface area contributed by atoms with E-state index in [1.165, 1.54) is 17.7 Å². The second-order valence-electron chi connectivity index (χ2n) is 5.51. The van der Waals surface area contributed by atoms with Gasteiger partial charge in [0.1, 0.15) is 0 Å². The van der Waals surface area contributed by atoms with E-state index in [2.05, 4.69) is 5.20 Å². The first-order valence-electron chi connectivity index (χ1n) is 7.19. The van der Waals surface area contributed by atoms with Gasteiger partial charge in [-0.15, -0.1) is 11.3 Å². The fourth-order valence-corrected chi connectivity index (χ4v) is 6.61. The number of thiazole rings is 1. The van der Waals surface area contributed by atoms with Crippen LogP contribution < -0.4 is 15.2 Å². The Morgan fingerprint density at radius 3 is 2.57 bits per heavy atom. The van der Waals surface area contributed by atoms with E-state index in [0.29, 0.717) is 0 Å². The summed E-state index contributed by atoms with van der Waals surface area (Å²) in [6.45, 7) is 0. The Morgan fingerprint density at radius 2 is 1.90 bits per heavy atom. The Labute approximate surface area is 129 Å². The molecule has 0 saturated carbocycles. The second kappa shape index (κ2) is 6.01. The number of nitrogens with zero attached hydrogens (tertiary/aromatic N) is 2. The SMILES string of the molecule is CN(C)N[P@](=O)(c1ccccc1)c1nc2c(s1)CCCC2. The number of aryl methyl sites for hydroxylation is 2. The van der Waals surface area contributed by atoms with Crippen molar-refractivity contribution in [2.75, 3.05) is 14.1 Å². The van der Waals surface area contributed by atoms with Crippen LogP contribution in [0.5, 0.6) is 0 Å². The maximum absolute atomic E-state index is 13.6. The van der Waals surface area contributed by atoms with Crippen molar-refractivity contribution >= 4 is 28.7 Å². The molecule has 0 saturated heterocycles. The number of benzene rings is 1. The molecule has 1 atom stereocenters. The molecule has 1 N–H and O–H groups in total. The van der Waals surface area contributed by atoms with Crippen molar-refractivity contribution < 1.29 is 4.57 Å². The summed E-state index contributed by atoms with van der Waals surface area (Å²) in [5.74, 6) is 0. The molecule has 3 rings (SSSR count). The Kier molecular flexibility index (Phi) is 4.27. The summed E-state index contributed by atoms with van der Waals surface area (Å²) < 4.78 is 14.4. The fourth-order valence-electron chi connectivity index (χ4n) is 2.60. The maximum atomic E-state index is 13.6. The highest BCUT2D eigenvalue weighted by Crippen LogP contribution is 2.41. The van der Waals surface area contributed by atoms with E-state index in [0.717, 1.165) is 28.6 Å². The van der Waals surface area contributed by atoms with Crippen LogP contribution in [0.2, 0.25) is 0 Å². The van der Waals surface area contributed by atoms with Crippen LogP contribution in [-0.4, -0.2) is 24.1 Å². The van der Waals surface area contributed by atoms with Crippen LogP contribution in [0.1, 0.15) is 23.4 Å². The molecule has 1 aliphatic rings. The molecule has 21 heavy (non-hydrogen) atoms. The molecule has 1 heterocycles. The van der Waals surface area contributed by atoms with E-state index >= 15 is 0 Å². The minimum absolute atomic E-state index is 0.731. The van der Waals surface area contributed by atoms with Gasteiger partial charge in [-0.1, -0.05) is 18.2 Å². The lowest BCUT2D eigenvalue weighted by atomic mass is 10.0. The van der Waals surface area contributed by atoms with E-state index in [1.54, 1.807) is 16.3 Å². The van der Waals surface area contributed by atoms with E-state index in [-0.39, 0.29) is 0 Å². The lowest BCUT2D eigenvalue weighted by Gasteiger charge is -2.22. The molecule has 0 amide bonds. The standard InChI is InChI=1S/C15H20N3OPS/c1-18(2)17-20(19,12-8-4-3-5-9-12)15-16-13-10-6-7-11-14(13)21-15/h3-5,8-9H,6-7,10-11H2,1-2H3,(H,17,19)/t20-/m0/s1. The summed E-state index contributed by atoms with van der Waals surface area (Å²) in [4.78, 5) is 6.03. The third kappa shape index (κ3) is 2.97. The fraction of sp³-hybridized carbons (Fsp3) is 0.400. The lowest BCUT2D eigenvalue weighted by Crippen LogP contribution is -2.36. The smallest absolute Gasteiger partial charge is 0.245 e. The highest BCUT2D eigenvalue weighted by atomic mass is 32.1. The van der Waals surface area contributed by atoms with Gasteiger partial charge in [-0.05, 0) is 37.8 Å². The summed E-state index contributed by atoms with van der Waals surface area (Å²) in [6.07, 6.45) is 4.49. The average molecular weight is 321 g/mol. The van der Waals surface area contributed by atoms with Crippen molar-refractivity contribution in [3.8, 4) is 0 Å². The molecular weight excluding hydrogens is 301 g/mol. The molecular formula is C15H20N3OPS. The molecule has 0 aliphatic heterocycles. The molecule has 4 nitrogen and oxygen atoms in total. The molecule has 0 fully saturated rings. The molecule has 0 spiro atoms. The van der Waals surface area contributed by atoms with Crippen LogP contribution in [0.15, 0.2) is 30.3 Å². The quantitative estimate of drug-likeness (QED) is 0.693. The van der Waals surface area contributed by atoms with Crippen molar-refractivity contribution in [1.29, 1.82) is 0 Å². The Bertz CT molecular complexity index is 645. The van der Waals surface area contributed by atoms with Crippen LogP contribution >= 0.6 is 18.6 Å². The minimum Gasteiger partial charge on any atom is -0.293 e. The monoisotopic (exact) mass is 321 g/mol. The topological polar surface area (TPSA) is 45.2 Å². The third-order valence-corrected chi connectivity index (χ3v) is 7.92. The number of nitrogens with one attached hydrogen (secondary N) is 1. The first kappa shape index (κ1) is 14.9. The summed E-state index contributed by atoms with van der Waals surface area (Å²) >= 11 is 1.62. The molecule has 2 aromatic rings. The van der Waals surface area contributed by atoms with Crippen LogP contribution in [0.4, 0.5) is 0 Å². The molecule has 0 bridgehead atoms. The molecule has 1 aromatic carbocycles. The zero-order valence-corrected chi connectivity index (χ0v) is 14.1. The van der Waals surface area contributed by atoms with E-state index in [4.69, 9.17) is 4.98 Å². The number of aromatic nitrogens is 1. The highest BCUT2D eigenvalue weighted by Gasteiger charge is 2.33. The zero-order valence-electron chi connectivity index (χ0n) is 12.4. The Morgan fingerprint density at radius 1 is 1.19 bits per heavy atom. The molecule has 1 aromatic heterocycles. The number of hydrazine groups is 1. The third-order valence-electron chi connectivity index (χ3n) is 3.56. The van der Waals surface area contributed by atoms with E-state index < -0.39 is 7.29 Å². The van der Waals surface area contributed by atoms with Crippen LogP contribution in [0.3, 0.4) is 0 Å². The van der Waals surface area contributed by atoms with E-state index in [9.17, 15) is 4.57 Å². The largest absolute Gasteiger partial charge is 0.293 e. The second-order valence-corrected chi connectivity index (χ2v) is 9.26. The predicted molar refractivity (Wildman–Crippen MR) is 88.9 cm³/mol. The van der Waals surface area contributed by atoms with Crippen LogP contribution in [-0.2, 0) is 17.4 Å². The molecule has 112 valence electrons. The molecule has 0 radical (unpaired) electrons. The first-order valence-corrected chi connectivity index (χ1v) is 9.72. The van der Waals surface area contributed by atoms with Crippen molar-refractivity contribution in [3.63, 3.8) is 0 Å². The molecule has 6 heteroatoms. The van der Waals surface area contributed by atoms with Gasteiger partial charge in [-0.25, -0.2) is 9.99 Å². The maximum Gasteiger partial charge on any atom is 0.245 e. The van der Waals surface area contributed by atoms with E-state index in [1.807, 2.05) is 44.4 Å². The molecule has 0 unspecified atom stereocenters. The minimum atomic E-state index is -2.90. The Balaban J connectivity index is 2.07. The highest BCUT2D eigenvalue weighted by molar-refractivity contribution is 7.81. The first-order chi connectivity index (χ1) is 10.1. The normalized spacial score (nSPS) is 17.5. The lowest BCUT2D eigenvalue weighted by molar-refractivity contribution is 0.368. The summed E-state index contributed by atoms with van der Waals surface area (Å²) in [7, 11) is 0.827. The number of fused-ring (bicyclic) bond motifs is 1. The van der Waals surface area contributed by atoms with Crippen molar-refractivity contribution in [1.82, 2.24) is 15.2 Å². The van der Waals surface area contributed by atoms with Crippen molar-refractivity contribution in [2.24, 2.45) is 0 Å². The van der Waals surface area contributed by atoms with Crippen molar-refractivity contribution in [2.45, 2.75) is 25.7 Å². The van der Waals surface area contributed by atoms with Crippen LogP contribution in [0, 0.1) is 0 Å². The van der Waals surface area contributed by atoms with Gasteiger partial charge in [-0.3, -0.25) is 4.57 Å². The van der Waals surface area contributed by atoms with Gasteiger partial charge in [0, 0.05) is 24.3 Å². The number of rotatable bonds is 4. The average Bonchev–Trinajstić information content (AvgIpc) is 2.92. The van der Waals surface area contributed by atoms with Gasteiger partial charge in [0.2, 0.25) is 7.29 Å². The number of hydrogen-bond acceptors (Lipinski definition) is 4. The van der Waals surface area contributed by atoms with Gasteiger partial charge < -0.3 is 0 Å². The number of hydrogen-bond donors (Lipinski definition) is 1. The molecule has 1 aliphatic carbocycles. The predicted octanol–water partition coefficient (Wildman–Crippen LogP) is 2.32. The van der Waals surface area contributed by atoms with Gasteiger partial charge in [0.15, 0.2) is 4.75 Å². The van der Waals surface area contributed by atoms with Gasteiger partial charge in [-0.2, -0.15) is 5.20 Å². The summed E-state index contributed by atoms with van der Waals surface area (Å²) in [6, 6.07) is 9.62. The van der Waals surface area contributed by atoms with Gasteiger partial charge in [0.25, 0.3) is 0 Å². The van der Waals surface area contributed by atoms with Gasteiger partial charge in [0.05, 0.1) is 5.69 Å². The van der Waals surface area contributed by atoms with Gasteiger partial charge >= 0.3 is 0 Å². The Hall–Kier alpha value is -1.000. The summed E-state index contributed by atoms with van der Waals surface area (Å²) in [5, 5.41) is 5.70. The zero-order chi connectivity index (χ0) is 14.9. The summed E-state index contributed by atoms with van der Waals surface area (Å²) in [5.41, 5.74) is 1.15.